The molecule has 1 saturated carbocycles. The van der Waals surface area contributed by atoms with E-state index in [0.29, 0.717) is 27.9 Å². The van der Waals surface area contributed by atoms with Gasteiger partial charge in [0.05, 0.1) is 37.8 Å². The summed E-state index contributed by atoms with van der Waals surface area (Å²) in [6.07, 6.45) is 8.17. The van der Waals surface area contributed by atoms with Crippen LogP contribution < -0.4 is 10.1 Å². The van der Waals surface area contributed by atoms with Crippen molar-refractivity contribution in [1.29, 1.82) is 0 Å². The summed E-state index contributed by atoms with van der Waals surface area (Å²) in [5.41, 5.74) is 3.56. The minimum absolute atomic E-state index is 0.405. The molecule has 3 aliphatic heterocycles. The number of hydrogen-bond donors (Lipinski definition) is 2. The molecule has 9 nitrogen and oxygen atoms in total. The number of nitrogens with one attached hydrogen (secondary N) is 1. The Kier molecular flexibility index (Phi) is 6.01. The molecule has 3 heterocycles. The second-order valence-electron chi connectivity index (χ2n) is 9.71. The molecule has 1 aromatic carbocycles. The Morgan fingerprint density at radius 1 is 1.24 bits per heavy atom. The van der Waals surface area contributed by atoms with Gasteiger partial charge in [-0.15, -0.1) is 0 Å². The van der Waals surface area contributed by atoms with E-state index in [4.69, 9.17) is 14.8 Å². The van der Waals surface area contributed by atoms with Gasteiger partial charge in [-0.1, -0.05) is 0 Å². The number of piperazine rings is 1. The van der Waals surface area contributed by atoms with Crippen molar-refractivity contribution in [3.63, 3.8) is 0 Å². The SMILES string of the molecule is COc1cc(C2=NC(C3CCC(N4CCN(C)CC4)C3)=C3C=NC=C[N+]23C)ccc1NC(=O)O. The van der Waals surface area contributed by atoms with E-state index in [0.717, 1.165) is 61.8 Å². The van der Waals surface area contributed by atoms with E-state index in [1.54, 1.807) is 13.2 Å². The lowest BCUT2D eigenvalue weighted by atomic mass is 10.0. The van der Waals surface area contributed by atoms with Crippen molar-refractivity contribution in [2.45, 2.75) is 25.3 Å². The molecule has 1 saturated heterocycles. The van der Waals surface area contributed by atoms with Gasteiger partial charge < -0.3 is 14.7 Å². The molecule has 3 unspecified atom stereocenters. The lowest BCUT2D eigenvalue weighted by Gasteiger charge is -2.36. The van der Waals surface area contributed by atoms with Gasteiger partial charge in [-0.3, -0.25) is 15.2 Å². The number of benzene rings is 1. The van der Waals surface area contributed by atoms with Crippen LogP contribution in [0.3, 0.4) is 0 Å². The number of amides is 1. The topological polar surface area (TPSA) is 89.8 Å². The van der Waals surface area contributed by atoms with Crippen LogP contribution in [0.5, 0.6) is 5.75 Å². The highest BCUT2D eigenvalue weighted by molar-refractivity contribution is 6.01. The average molecular weight is 466 g/mol. The third kappa shape index (κ3) is 4.04. The molecule has 5 rings (SSSR count). The van der Waals surface area contributed by atoms with Gasteiger partial charge >= 0.3 is 6.09 Å². The third-order valence-electron chi connectivity index (χ3n) is 7.62. The second kappa shape index (κ2) is 8.98. The van der Waals surface area contributed by atoms with Gasteiger partial charge in [0.15, 0.2) is 5.70 Å². The van der Waals surface area contributed by atoms with Crippen molar-refractivity contribution in [3.8, 4) is 5.75 Å². The molecule has 1 aromatic rings. The average Bonchev–Trinajstić information content (AvgIpc) is 3.42. The number of fused-ring (bicyclic) bond motifs is 1. The number of hydrogen-bond acceptors (Lipinski definition) is 6. The number of methoxy groups -OCH3 is 1. The van der Waals surface area contributed by atoms with Gasteiger partial charge in [0.2, 0.25) is 5.84 Å². The van der Waals surface area contributed by atoms with E-state index in [-0.39, 0.29) is 0 Å². The molecule has 0 radical (unpaired) electrons. The Balaban J connectivity index is 1.44. The summed E-state index contributed by atoms with van der Waals surface area (Å²) < 4.78 is 5.92. The quantitative estimate of drug-likeness (QED) is 0.652. The summed E-state index contributed by atoms with van der Waals surface area (Å²) in [5, 5.41) is 11.5. The van der Waals surface area contributed by atoms with Gasteiger partial charge in [0.25, 0.3) is 0 Å². The van der Waals surface area contributed by atoms with Gasteiger partial charge in [-0.05, 0) is 44.5 Å². The maximum Gasteiger partial charge on any atom is 0.409 e. The summed E-state index contributed by atoms with van der Waals surface area (Å²) in [7, 11) is 5.87. The molecule has 1 aliphatic carbocycles. The number of rotatable bonds is 5. The second-order valence-corrected chi connectivity index (χ2v) is 9.71. The predicted octanol–water partition coefficient (Wildman–Crippen LogP) is 3.18. The zero-order chi connectivity index (χ0) is 23.9. The number of allylic oxidation sites excluding steroid dienone is 2. The first kappa shape index (κ1) is 22.8. The fourth-order valence-corrected chi connectivity index (χ4v) is 5.66. The Morgan fingerprint density at radius 3 is 2.76 bits per heavy atom. The molecule has 2 fully saturated rings. The molecule has 0 aromatic heterocycles. The molecule has 1 amide bonds. The number of anilines is 1. The molecule has 9 heteroatoms. The number of quaternary nitrogens is 1. The first-order valence-corrected chi connectivity index (χ1v) is 11.9. The minimum Gasteiger partial charge on any atom is -0.495 e. The molecule has 4 aliphatic rings. The minimum atomic E-state index is -1.12. The molecule has 2 N–H and O–H groups in total. The Bertz CT molecular complexity index is 1100. The van der Waals surface area contributed by atoms with Crippen LogP contribution in [0.1, 0.15) is 24.8 Å². The normalized spacial score (nSPS) is 29.3. The van der Waals surface area contributed by atoms with Crippen molar-refractivity contribution < 1.29 is 19.1 Å². The first-order chi connectivity index (χ1) is 16.4. The van der Waals surface area contributed by atoms with E-state index in [1.165, 1.54) is 6.42 Å². The number of carbonyl (C=O) groups is 1. The van der Waals surface area contributed by atoms with E-state index in [9.17, 15) is 4.79 Å². The van der Waals surface area contributed by atoms with Crippen LogP contribution in [-0.2, 0) is 0 Å². The van der Waals surface area contributed by atoms with E-state index in [2.05, 4.69) is 40.4 Å². The highest BCUT2D eigenvalue weighted by atomic mass is 16.5. The zero-order valence-electron chi connectivity index (χ0n) is 20.1. The van der Waals surface area contributed by atoms with Gasteiger partial charge in [-0.2, -0.15) is 4.99 Å². The van der Waals surface area contributed by atoms with Crippen LogP contribution in [0.25, 0.3) is 0 Å². The van der Waals surface area contributed by atoms with Crippen LogP contribution in [0.4, 0.5) is 10.5 Å². The summed E-state index contributed by atoms with van der Waals surface area (Å²) in [6.45, 7) is 4.56. The van der Waals surface area contributed by atoms with Crippen LogP contribution >= 0.6 is 0 Å². The molecular weight excluding hydrogens is 432 g/mol. The molecule has 0 bridgehead atoms. The predicted molar refractivity (Wildman–Crippen MR) is 132 cm³/mol. The fraction of sp³-hybridized carbons (Fsp3) is 0.480. The highest BCUT2D eigenvalue weighted by Crippen LogP contribution is 2.43. The standard InChI is InChI=1S/C25H32N6O3/c1-29-9-11-30(12-10-29)19-6-4-17(14-19)23-21-16-26-8-13-31(21,2)24(28-23)18-5-7-20(27-25(32)33)22(15-18)34-3/h5,7-8,13,15-17,19H,4,6,9-12,14H2,1-3H3,(H-,26,27,28,32,33)/p+1. The maximum absolute atomic E-state index is 11.1. The van der Waals surface area contributed by atoms with E-state index in [1.807, 2.05) is 24.5 Å². The van der Waals surface area contributed by atoms with Crippen molar-refractivity contribution in [3.05, 3.63) is 47.6 Å². The summed E-state index contributed by atoms with van der Waals surface area (Å²) in [6, 6.07) is 6.10. The van der Waals surface area contributed by atoms with Crippen LogP contribution in [0, 0.1) is 5.92 Å². The number of carboxylic acid groups (broad SMARTS) is 1. The van der Waals surface area contributed by atoms with Crippen LogP contribution in [-0.4, -0.2) is 91.0 Å². The molecule has 0 spiro atoms. The lowest BCUT2D eigenvalue weighted by molar-refractivity contribution is -0.713. The lowest BCUT2D eigenvalue weighted by Crippen LogP contribution is -2.48. The number of amidine groups is 1. The maximum atomic E-state index is 11.1. The number of nitrogens with zero attached hydrogens (tertiary/aromatic N) is 5. The number of ether oxygens (including phenoxy) is 1. The molecule has 180 valence electrons. The van der Waals surface area contributed by atoms with Crippen molar-refractivity contribution in [2.75, 3.05) is 52.7 Å². The van der Waals surface area contributed by atoms with Crippen LogP contribution in [0.15, 0.2) is 52.0 Å². The summed E-state index contributed by atoms with van der Waals surface area (Å²) >= 11 is 0. The highest BCUT2D eigenvalue weighted by Gasteiger charge is 2.46. The van der Waals surface area contributed by atoms with Gasteiger partial charge in [0.1, 0.15) is 17.6 Å². The van der Waals surface area contributed by atoms with Crippen molar-refractivity contribution in [2.24, 2.45) is 15.9 Å². The largest absolute Gasteiger partial charge is 0.495 e. The van der Waals surface area contributed by atoms with Crippen molar-refractivity contribution in [1.82, 2.24) is 9.80 Å². The van der Waals surface area contributed by atoms with Gasteiger partial charge in [0, 0.05) is 38.1 Å². The van der Waals surface area contributed by atoms with E-state index < -0.39 is 6.09 Å². The zero-order valence-corrected chi connectivity index (χ0v) is 20.1. The van der Waals surface area contributed by atoms with E-state index >= 15 is 0 Å². The molecule has 34 heavy (non-hydrogen) atoms. The van der Waals surface area contributed by atoms with Crippen LogP contribution in [0.2, 0.25) is 0 Å². The Morgan fingerprint density at radius 2 is 2.03 bits per heavy atom. The smallest absolute Gasteiger partial charge is 0.409 e. The number of likely N-dealkylation sites (N-methyl/N-ethyl adjacent to an activating group) is 1. The summed E-state index contributed by atoms with van der Waals surface area (Å²) in [5.74, 6) is 1.77. The number of aliphatic imine (C=N–C) groups is 2. The first-order valence-electron chi connectivity index (χ1n) is 11.9. The fourth-order valence-electron chi connectivity index (χ4n) is 5.66. The third-order valence-corrected chi connectivity index (χ3v) is 7.62. The molecule has 3 atom stereocenters. The van der Waals surface area contributed by atoms with Gasteiger partial charge in [-0.25, -0.2) is 9.28 Å². The van der Waals surface area contributed by atoms with Crippen molar-refractivity contribution >= 4 is 23.8 Å². The summed E-state index contributed by atoms with van der Waals surface area (Å²) in [4.78, 5) is 25.9. The monoisotopic (exact) mass is 465 g/mol. The molecular formula is C25H33N6O3+. The Hall–Kier alpha value is -3.01. The Labute approximate surface area is 200 Å².